The van der Waals surface area contributed by atoms with E-state index in [1.807, 2.05) is 12.1 Å². The first-order chi connectivity index (χ1) is 14.9. The Bertz CT molecular complexity index is 1320. The third kappa shape index (κ3) is 3.04. The third-order valence-corrected chi connectivity index (χ3v) is 5.75. The Balaban J connectivity index is 1.47. The van der Waals surface area contributed by atoms with Crippen LogP contribution in [0, 0.1) is 13.8 Å². The summed E-state index contributed by atoms with van der Waals surface area (Å²) in [7, 11) is 1.72. The second kappa shape index (κ2) is 7.02. The molecule has 0 atom stereocenters. The molecule has 5 rings (SSSR count). The van der Waals surface area contributed by atoms with Gasteiger partial charge in [0.15, 0.2) is 0 Å². The van der Waals surface area contributed by atoms with Crippen LogP contribution in [0.25, 0.3) is 22.4 Å². The van der Waals surface area contributed by atoms with Crippen molar-refractivity contribution in [2.45, 2.75) is 13.8 Å². The molecule has 0 bridgehead atoms. The van der Waals surface area contributed by atoms with Crippen molar-refractivity contribution in [3.05, 3.63) is 89.2 Å². The van der Waals surface area contributed by atoms with E-state index in [1.54, 1.807) is 29.9 Å². The number of anilines is 1. The Hall–Kier alpha value is -4.06. The molecule has 6 heteroatoms. The van der Waals surface area contributed by atoms with Crippen LogP contribution in [-0.2, 0) is 7.05 Å². The number of amides is 2. The van der Waals surface area contributed by atoms with Crippen molar-refractivity contribution < 1.29 is 9.59 Å². The molecule has 2 aromatic heterocycles. The SMILES string of the molecule is Cc1ccc(-c2ccc(-c3cc(N4C(=O)c5cccnc5C4=O)n(C)n3)cc2)cc1C. The van der Waals surface area contributed by atoms with E-state index in [1.165, 1.54) is 17.3 Å². The molecule has 1 aliphatic rings. The summed E-state index contributed by atoms with van der Waals surface area (Å²) >= 11 is 0. The normalized spacial score (nSPS) is 13.1. The smallest absolute Gasteiger partial charge is 0.268 e. The highest BCUT2D eigenvalue weighted by Crippen LogP contribution is 2.31. The molecular formula is C25H20N4O2. The van der Waals surface area contributed by atoms with Gasteiger partial charge in [0.25, 0.3) is 11.8 Å². The number of hydrogen-bond donors (Lipinski definition) is 0. The summed E-state index contributed by atoms with van der Waals surface area (Å²) in [6, 6.07) is 19.6. The lowest BCUT2D eigenvalue weighted by Crippen LogP contribution is -2.31. The van der Waals surface area contributed by atoms with E-state index in [-0.39, 0.29) is 11.6 Å². The Labute approximate surface area is 179 Å². The predicted octanol–water partition coefficient (Wildman–Crippen LogP) is 4.57. The van der Waals surface area contributed by atoms with Gasteiger partial charge < -0.3 is 0 Å². The van der Waals surface area contributed by atoms with Crippen molar-refractivity contribution in [3.8, 4) is 22.4 Å². The highest BCUT2D eigenvalue weighted by molar-refractivity contribution is 6.33. The van der Waals surface area contributed by atoms with Crippen LogP contribution in [0.5, 0.6) is 0 Å². The Morgan fingerprint density at radius 2 is 1.48 bits per heavy atom. The maximum Gasteiger partial charge on any atom is 0.285 e. The first kappa shape index (κ1) is 18.9. The lowest BCUT2D eigenvalue weighted by molar-refractivity contribution is 0.0922. The third-order valence-electron chi connectivity index (χ3n) is 5.75. The zero-order valence-corrected chi connectivity index (χ0v) is 17.5. The fourth-order valence-corrected chi connectivity index (χ4v) is 3.84. The molecule has 31 heavy (non-hydrogen) atoms. The molecule has 0 saturated heterocycles. The minimum atomic E-state index is -0.430. The van der Waals surface area contributed by atoms with Gasteiger partial charge in [-0.3, -0.25) is 19.3 Å². The van der Waals surface area contributed by atoms with Gasteiger partial charge in [-0.2, -0.15) is 5.10 Å². The number of carbonyl (C=O) groups excluding carboxylic acids is 2. The minimum Gasteiger partial charge on any atom is -0.268 e. The number of nitrogens with zero attached hydrogens (tertiary/aromatic N) is 4. The molecule has 2 amide bonds. The molecule has 152 valence electrons. The molecular weight excluding hydrogens is 388 g/mol. The first-order valence-corrected chi connectivity index (χ1v) is 10.00. The van der Waals surface area contributed by atoms with Gasteiger partial charge in [-0.15, -0.1) is 0 Å². The van der Waals surface area contributed by atoms with Crippen molar-refractivity contribution in [3.63, 3.8) is 0 Å². The molecule has 4 aromatic rings. The lowest BCUT2D eigenvalue weighted by Gasteiger charge is -2.12. The molecule has 0 spiro atoms. The minimum absolute atomic E-state index is 0.174. The monoisotopic (exact) mass is 408 g/mol. The van der Waals surface area contributed by atoms with Gasteiger partial charge in [-0.05, 0) is 48.2 Å². The fraction of sp³-hybridized carbons (Fsp3) is 0.120. The highest BCUT2D eigenvalue weighted by atomic mass is 16.2. The van der Waals surface area contributed by atoms with Gasteiger partial charge in [0.05, 0.1) is 11.3 Å². The van der Waals surface area contributed by atoms with Crippen molar-refractivity contribution in [2.75, 3.05) is 4.90 Å². The van der Waals surface area contributed by atoms with E-state index in [0.717, 1.165) is 21.6 Å². The van der Waals surface area contributed by atoms with Gasteiger partial charge in [0, 0.05) is 24.9 Å². The number of fused-ring (bicyclic) bond motifs is 1. The highest BCUT2D eigenvalue weighted by Gasteiger charge is 2.39. The lowest BCUT2D eigenvalue weighted by atomic mass is 9.99. The Morgan fingerprint density at radius 3 is 2.19 bits per heavy atom. The summed E-state index contributed by atoms with van der Waals surface area (Å²) in [5.41, 5.74) is 6.89. The maximum absolute atomic E-state index is 12.8. The summed E-state index contributed by atoms with van der Waals surface area (Å²) < 4.78 is 1.55. The number of pyridine rings is 1. The number of hydrogen-bond acceptors (Lipinski definition) is 4. The number of carbonyl (C=O) groups is 2. The van der Waals surface area contributed by atoms with Gasteiger partial charge >= 0.3 is 0 Å². The van der Waals surface area contributed by atoms with E-state index in [9.17, 15) is 9.59 Å². The Kier molecular flexibility index (Phi) is 4.29. The number of benzene rings is 2. The summed E-state index contributed by atoms with van der Waals surface area (Å²) in [6.45, 7) is 4.21. The van der Waals surface area contributed by atoms with Crippen molar-refractivity contribution in [2.24, 2.45) is 7.05 Å². The fourth-order valence-electron chi connectivity index (χ4n) is 3.84. The summed E-state index contributed by atoms with van der Waals surface area (Å²) in [6.07, 6.45) is 1.51. The molecule has 1 aliphatic heterocycles. The Morgan fingerprint density at radius 1 is 0.774 bits per heavy atom. The quantitative estimate of drug-likeness (QED) is 0.466. The summed E-state index contributed by atoms with van der Waals surface area (Å²) in [4.78, 5) is 30.7. The standard InChI is InChI=1S/C25H20N4O2/c1-15-6-7-19(13-16(15)2)17-8-10-18(11-9-17)21-14-22(28(3)27-21)29-24(30)20-5-4-12-26-23(20)25(29)31/h4-14H,1-3H3. The van der Waals surface area contributed by atoms with E-state index in [0.29, 0.717) is 17.1 Å². The number of aryl methyl sites for hydroxylation is 3. The van der Waals surface area contributed by atoms with Gasteiger partial charge in [-0.25, -0.2) is 4.90 Å². The van der Waals surface area contributed by atoms with E-state index in [2.05, 4.69) is 54.3 Å². The molecule has 0 saturated carbocycles. The van der Waals surface area contributed by atoms with E-state index >= 15 is 0 Å². The molecule has 0 N–H and O–H groups in total. The van der Waals surface area contributed by atoms with Crippen LogP contribution >= 0.6 is 0 Å². The summed E-state index contributed by atoms with van der Waals surface area (Å²) in [5, 5.41) is 4.54. The topological polar surface area (TPSA) is 68.1 Å². The first-order valence-electron chi connectivity index (χ1n) is 10.00. The average Bonchev–Trinajstić information content (AvgIpc) is 3.27. The number of rotatable bonds is 3. The summed E-state index contributed by atoms with van der Waals surface area (Å²) in [5.74, 6) is -0.394. The second-order valence-corrected chi connectivity index (χ2v) is 7.73. The van der Waals surface area contributed by atoms with Crippen LogP contribution in [-0.4, -0.2) is 26.6 Å². The van der Waals surface area contributed by atoms with Crippen LogP contribution in [0.4, 0.5) is 5.82 Å². The van der Waals surface area contributed by atoms with Crippen LogP contribution < -0.4 is 4.90 Å². The molecule has 0 unspecified atom stereocenters. The van der Waals surface area contributed by atoms with Crippen molar-refractivity contribution in [1.82, 2.24) is 14.8 Å². The molecule has 0 aliphatic carbocycles. The maximum atomic E-state index is 12.8. The predicted molar refractivity (Wildman–Crippen MR) is 119 cm³/mol. The molecule has 6 nitrogen and oxygen atoms in total. The molecule has 2 aromatic carbocycles. The van der Waals surface area contributed by atoms with E-state index in [4.69, 9.17) is 0 Å². The molecule has 3 heterocycles. The van der Waals surface area contributed by atoms with Crippen LogP contribution in [0.2, 0.25) is 0 Å². The number of imide groups is 1. The largest absolute Gasteiger partial charge is 0.285 e. The number of aromatic nitrogens is 3. The van der Waals surface area contributed by atoms with Gasteiger partial charge in [-0.1, -0.05) is 42.5 Å². The van der Waals surface area contributed by atoms with Crippen molar-refractivity contribution >= 4 is 17.6 Å². The second-order valence-electron chi connectivity index (χ2n) is 7.73. The van der Waals surface area contributed by atoms with Crippen LogP contribution in [0.15, 0.2) is 66.9 Å². The molecule has 0 fully saturated rings. The van der Waals surface area contributed by atoms with Gasteiger partial charge in [0.2, 0.25) is 0 Å². The van der Waals surface area contributed by atoms with Crippen LogP contribution in [0.3, 0.4) is 0 Å². The van der Waals surface area contributed by atoms with Gasteiger partial charge in [0.1, 0.15) is 11.5 Å². The molecule has 0 radical (unpaired) electrons. The average molecular weight is 408 g/mol. The zero-order chi connectivity index (χ0) is 21.7. The van der Waals surface area contributed by atoms with Crippen LogP contribution in [0.1, 0.15) is 32.0 Å². The zero-order valence-electron chi connectivity index (χ0n) is 17.5. The van der Waals surface area contributed by atoms with Crippen molar-refractivity contribution in [1.29, 1.82) is 0 Å². The van der Waals surface area contributed by atoms with E-state index < -0.39 is 5.91 Å².